The van der Waals surface area contributed by atoms with Crippen LogP contribution in [0.15, 0.2) is 41.8 Å². The first-order valence-corrected chi connectivity index (χ1v) is 6.64. The fourth-order valence-corrected chi connectivity index (χ4v) is 1.63. The highest BCUT2D eigenvalue weighted by atomic mass is 15.3. The van der Waals surface area contributed by atoms with E-state index in [1.807, 2.05) is 24.4 Å². The van der Waals surface area contributed by atoms with Crippen molar-refractivity contribution in [1.29, 1.82) is 0 Å². The van der Waals surface area contributed by atoms with E-state index in [-0.39, 0.29) is 0 Å². The summed E-state index contributed by atoms with van der Waals surface area (Å²) in [4.78, 5) is 8.59. The van der Waals surface area contributed by atoms with Gasteiger partial charge in [-0.2, -0.15) is 5.10 Å². The number of rotatable bonds is 5. The molecule has 6 heteroatoms. The lowest BCUT2D eigenvalue weighted by molar-refractivity contribution is 0.622. The van der Waals surface area contributed by atoms with Gasteiger partial charge in [0.15, 0.2) is 11.8 Å². The monoisotopic (exact) mass is 272 g/mol. The Labute approximate surface area is 118 Å². The maximum atomic E-state index is 5.81. The molecular weight excluding hydrogens is 252 g/mol. The Kier molecular flexibility index (Phi) is 4.70. The van der Waals surface area contributed by atoms with Crippen molar-refractivity contribution < 1.29 is 0 Å². The molecule has 2 heterocycles. The van der Waals surface area contributed by atoms with E-state index in [9.17, 15) is 0 Å². The van der Waals surface area contributed by atoms with Crippen molar-refractivity contribution in [3.63, 3.8) is 0 Å². The van der Waals surface area contributed by atoms with Crippen LogP contribution in [-0.2, 0) is 6.54 Å². The summed E-state index contributed by atoms with van der Waals surface area (Å²) < 4.78 is 1.72. The van der Waals surface area contributed by atoms with Crippen molar-refractivity contribution in [2.24, 2.45) is 16.6 Å². The zero-order valence-electron chi connectivity index (χ0n) is 11.8. The van der Waals surface area contributed by atoms with Gasteiger partial charge in [-0.05, 0) is 29.7 Å². The Hall–Kier alpha value is -2.37. The highest BCUT2D eigenvalue weighted by Crippen LogP contribution is 2.07. The summed E-state index contributed by atoms with van der Waals surface area (Å²) in [6.45, 7) is 5.59. The number of hydrogen-bond acceptors (Lipinski definition) is 3. The van der Waals surface area contributed by atoms with Crippen LogP contribution in [0.2, 0.25) is 0 Å². The zero-order valence-corrected chi connectivity index (χ0v) is 11.8. The molecule has 106 valence electrons. The lowest BCUT2D eigenvalue weighted by Gasteiger charge is -2.08. The summed E-state index contributed by atoms with van der Waals surface area (Å²) in [6.07, 6.45) is 5.33. The molecule has 0 aliphatic heterocycles. The van der Waals surface area contributed by atoms with Crippen molar-refractivity contribution >= 4 is 5.96 Å². The van der Waals surface area contributed by atoms with Crippen LogP contribution in [0.5, 0.6) is 0 Å². The highest BCUT2D eigenvalue weighted by Gasteiger charge is 2.00. The average molecular weight is 272 g/mol. The number of pyridine rings is 1. The van der Waals surface area contributed by atoms with Crippen LogP contribution >= 0.6 is 0 Å². The second-order valence-corrected chi connectivity index (χ2v) is 4.95. The summed E-state index contributed by atoms with van der Waals surface area (Å²) in [7, 11) is 0. The molecule has 3 N–H and O–H groups in total. The number of hydrogen-bond donors (Lipinski definition) is 2. The number of nitrogens with zero attached hydrogens (tertiary/aromatic N) is 4. The minimum absolute atomic E-state index is 0.469. The maximum absolute atomic E-state index is 5.81. The minimum atomic E-state index is 0.469. The number of nitrogens with one attached hydrogen (secondary N) is 1. The first-order valence-electron chi connectivity index (χ1n) is 6.64. The van der Waals surface area contributed by atoms with Crippen LogP contribution in [0.4, 0.5) is 0 Å². The summed E-state index contributed by atoms with van der Waals surface area (Å²) in [6, 6.07) is 5.73. The third-order valence-corrected chi connectivity index (χ3v) is 2.67. The molecule has 6 nitrogen and oxygen atoms in total. The molecule has 0 aliphatic rings. The van der Waals surface area contributed by atoms with Gasteiger partial charge in [0.25, 0.3) is 0 Å². The minimum Gasteiger partial charge on any atom is -0.370 e. The van der Waals surface area contributed by atoms with Gasteiger partial charge < -0.3 is 11.1 Å². The molecule has 20 heavy (non-hydrogen) atoms. The van der Waals surface area contributed by atoms with Crippen molar-refractivity contribution in [2.75, 3.05) is 6.54 Å². The molecule has 0 saturated carbocycles. The van der Waals surface area contributed by atoms with Gasteiger partial charge >= 0.3 is 0 Å². The number of aromatic nitrogens is 3. The van der Waals surface area contributed by atoms with Crippen LogP contribution in [-0.4, -0.2) is 27.3 Å². The van der Waals surface area contributed by atoms with Gasteiger partial charge in [-0.15, -0.1) is 0 Å². The van der Waals surface area contributed by atoms with Crippen molar-refractivity contribution in [2.45, 2.75) is 20.4 Å². The standard InChI is InChI=1S/C14H20N6/c1-11(2)9-17-14(15)18-10-12-4-6-16-13(8-12)20-7-3-5-19-20/h3-8,11H,9-10H2,1-2H3,(H3,15,17,18). The lowest BCUT2D eigenvalue weighted by atomic mass is 10.2. The summed E-state index contributed by atoms with van der Waals surface area (Å²) in [5, 5.41) is 7.24. The van der Waals surface area contributed by atoms with Crippen molar-refractivity contribution in [1.82, 2.24) is 20.1 Å². The van der Waals surface area contributed by atoms with Gasteiger partial charge in [0.05, 0.1) is 6.54 Å². The Morgan fingerprint density at radius 1 is 1.45 bits per heavy atom. The third kappa shape index (κ3) is 4.08. The number of guanidine groups is 1. The molecule has 0 radical (unpaired) electrons. The first-order chi connectivity index (χ1) is 9.65. The molecule has 0 spiro atoms. The molecule has 2 rings (SSSR count). The maximum Gasteiger partial charge on any atom is 0.188 e. The van der Waals surface area contributed by atoms with Crippen molar-refractivity contribution in [3.8, 4) is 5.82 Å². The summed E-state index contributed by atoms with van der Waals surface area (Å²) in [5.41, 5.74) is 6.85. The fourth-order valence-electron chi connectivity index (χ4n) is 1.63. The van der Waals surface area contributed by atoms with Gasteiger partial charge in [0.2, 0.25) is 0 Å². The number of aliphatic imine (C=N–C) groups is 1. The van der Waals surface area contributed by atoms with Gasteiger partial charge in [0.1, 0.15) is 0 Å². The Balaban J connectivity index is 2.00. The fraction of sp³-hybridized carbons (Fsp3) is 0.357. The molecule has 2 aromatic rings. The smallest absolute Gasteiger partial charge is 0.188 e. The predicted octanol–water partition coefficient (Wildman–Crippen LogP) is 1.33. The van der Waals surface area contributed by atoms with Gasteiger partial charge in [0, 0.05) is 25.1 Å². The van der Waals surface area contributed by atoms with Crippen LogP contribution in [0.1, 0.15) is 19.4 Å². The van der Waals surface area contributed by atoms with Crippen molar-refractivity contribution in [3.05, 3.63) is 42.4 Å². The molecule has 0 atom stereocenters. The van der Waals surface area contributed by atoms with E-state index >= 15 is 0 Å². The SMILES string of the molecule is CC(C)CNC(N)=NCc1ccnc(-n2cccn2)c1. The lowest BCUT2D eigenvalue weighted by Crippen LogP contribution is -2.34. The Morgan fingerprint density at radius 2 is 2.30 bits per heavy atom. The van der Waals surface area contributed by atoms with E-state index < -0.39 is 0 Å². The van der Waals surface area contributed by atoms with Gasteiger partial charge in [-0.3, -0.25) is 0 Å². The molecule has 0 aliphatic carbocycles. The molecule has 0 unspecified atom stereocenters. The summed E-state index contributed by atoms with van der Waals surface area (Å²) in [5.74, 6) is 1.78. The molecule has 0 saturated heterocycles. The van der Waals surface area contributed by atoms with Crippen LogP contribution in [0, 0.1) is 5.92 Å². The van der Waals surface area contributed by atoms with Crippen LogP contribution in [0.25, 0.3) is 5.82 Å². The normalized spacial score (nSPS) is 11.8. The molecule has 2 aromatic heterocycles. The van der Waals surface area contributed by atoms with Crippen LogP contribution in [0.3, 0.4) is 0 Å². The average Bonchev–Trinajstić information content (AvgIpc) is 2.97. The van der Waals surface area contributed by atoms with E-state index in [1.54, 1.807) is 17.1 Å². The second-order valence-electron chi connectivity index (χ2n) is 4.95. The second kappa shape index (κ2) is 6.70. The molecule has 0 fully saturated rings. The predicted molar refractivity (Wildman–Crippen MR) is 79.5 cm³/mol. The number of nitrogens with two attached hydrogens (primary N) is 1. The third-order valence-electron chi connectivity index (χ3n) is 2.67. The van der Waals surface area contributed by atoms with E-state index in [1.165, 1.54) is 0 Å². The van der Waals surface area contributed by atoms with Gasteiger partial charge in [-0.1, -0.05) is 13.8 Å². The van der Waals surface area contributed by atoms with Crippen LogP contribution < -0.4 is 11.1 Å². The topological polar surface area (TPSA) is 81.1 Å². The molecule has 0 amide bonds. The largest absolute Gasteiger partial charge is 0.370 e. The highest BCUT2D eigenvalue weighted by molar-refractivity contribution is 5.77. The molecule has 0 aromatic carbocycles. The van der Waals surface area contributed by atoms with E-state index in [0.29, 0.717) is 18.4 Å². The van der Waals surface area contributed by atoms with E-state index in [4.69, 9.17) is 5.73 Å². The zero-order chi connectivity index (χ0) is 14.4. The molecule has 0 bridgehead atoms. The Morgan fingerprint density at radius 3 is 3.00 bits per heavy atom. The van der Waals surface area contributed by atoms with Gasteiger partial charge in [-0.25, -0.2) is 14.7 Å². The molecular formula is C14H20N6. The first kappa shape index (κ1) is 14.0. The quantitative estimate of drug-likeness (QED) is 0.635. The Bertz CT molecular complexity index is 559. The van der Waals surface area contributed by atoms with E-state index in [0.717, 1.165) is 17.9 Å². The van der Waals surface area contributed by atoms with E-state index in [2.05, 4.69) is 34.2 Å². The summed E-state index contributed by atoms with van der Waals surface area (Å²) >= 11 is 0.